The van der Waals surface area contributed by atoms with Crippen LogP contribution in [0.15, 0.2) is 42.7 Å². The molecule has 1 N–H and O–H groups in total. The average Bonchev–Trinajstić information content (AvgIpc) is 2.85. The van der Waals surface area contributed by atoms with Gasteiger partial charge in [-0.25, -0.2) is 13.4 Å². The summed E-state index contributed by atoms with van der Waals surface area (Å²) in [5, 5.41) is 8.22. The van der Waals surface area contributed by atoms with Gasteiger partial charge in [-0.1, -0.05) is 30.3 Å². The van der Waals surface area contributed by atoms with Crippen LogP contribution >= 0.6 is 0 Å². The summed E-state index contributed by atoms with van der Waals surface area (Å²) in [6.07, 6.45) is 3.36. The standard InChI is InChI=1S/C14H18N2O3S/c1-12(10-17)20(18,19)11-14-15-7-8-16(14)9-13-5-3-2-4-6-13/h2-8,12,17H,9-11H2,1H3/t12-/m0/s1. The van der Waals surface area contributed by atoms with Crippen LogP contribution in [0, 0.1) is 0 Å². The van der Waals surface area contributed by atoms with Crippen LogP contribution in [-0.4, -0.2) is 34.9 Å². The minimum absolute atomic E-state index is 0.158. The molecule has 0 aliphatic carbocycles. The SMILES string of the molecule is C[C@@H](CO)S(=O)(=O)Cc1nccn1Cc1ccccc1. The summed E-state index contributed by atoms with van der Waals surface area (Å²) < 4.78 is 25.9. The predicted octanol–water partition coefficient (Wildman–Crippen LogP) is 1.23. The molecule has 20 heavy (non-hydrogen) atoms. The average molecular weight is 294 g/mol. The molecule has 0 saturated carbocycles. The van der Waals surface area contributed by atoms with Crippen molar-refractivity contribution in [3.05, 3.63) is 54.1 Å². The second-order valence-electron chi connectivity index (χ2n) is 4.76. The van der Waals surface area contributed by atoms with E-state index in [1.807, 2.05) is 34.9 Å². The third kappa shape index (κ3) is 3.46. The molecular formula is C14H18N2O3S. The Morgan fingerprint density at radius 2 is 2.00 bits per heavy atom. The minimum Gasteiger partial charge on any atom is -0.395 e. The van der Waals surface area contributed by atoms with E-state index < -0.39 is 15.1 Å². The molecule has 2 rings (SSSR count). The second kappa shape index (κ2) is 6.19. The molecule has 0 radical (unpaired) electrons. The first-order chi connectivity index (χ1) is 9.53. The van der Waals surface area contributed by atoms with E-state index in [1.165, 1.54) is 6.92 Å². The van der Waals surface area contributed by atoms with E-state index in [4.69, 9.17) is 5.11 Å². The van der Waals surface area contributed by atoms with E-state index in [2.05, 4.69) is 4.98 Å². The van der Waals surface area contributed by atoms with Gasteiger partial charge < -0.3 is 9.67 Å². The van der Waals surface area contributed by atoms with E-state index in [0.29, 0.717) is 12.4 Å². The van der Waals surface area contributed by atoms with Crippen LogP contribution in [0.2, 0.25) is 0 Å². The summed E-state index contributed by atoms with van der Waals surface area (Å²) in [5.74, 6) is 0.336. The highest BCUT2D eigenvalue weighted by molar-refractivity contribution is 7.91. The molecule has 6 heteroatoms. The smallest absolute Gasteiger partial charge is 0.162 e. The molecule has 0 unspecified atom stereocenters. The molecule has 1 atom stereocenters. The Morgan fingerprint density at radius 1 is 1.30 bits per heavy atom. The summed E-state index contributed by atoms with van der Waals surface area (Å²) in [6.45, 7) is 1.71. The van der Waals surface area contributed by atoms with Crippen molar-refractivity contribution in [1.82, 2.24) is 9.55 Å². The molecule has 0 spiro atoms. The van der Waals surface area contributed by atoms with Crippen LogP contribution in [0.1, 0.15) is 18.3 Å². The molecule has 0 aliphatic heterocycles. The number of aliphatic hydroxyl groups excluding tert-OH is 1. The van der Waals surface area contributed by atoms with E-state index in [9.17, 15) is 8.42 Å². The van der Waals surface area contributed by atoms with Gasteiger partial charge in [-0.05, 0) is 12.5 Å². The van der Waals surface area contributed by atoms with Gasteiger partial charge in [-0.3, -0.25) is 0 Å². The van der Waals surface area contributed by atoms with Gasteiger partial charge in [-0.15, -0.1) is 0 Å². The fourth-order valence-corrected chi connectivity index (χ4v) is 2.95. The molecule has 0 amide bonds. The number of aliphatic hydroxyl groups is 1. The lowest BCUT2D eigenvalue weighted by atomic mass is 10.2. The van der Waals surface area contributed by atoms with Crippen molar-refractivity contribution in [3.8, 4) is 0 Å². The number of hydrogen-bond acceptors (Lipinski definition) is 4. The lowest BCUT2D eigenvalue weighted by Crippen LogP contribution is -2.24. The molecule has 1 aromatic heterocycles. The number of hydrogen-bond donors (Lipinski definition) is 1. The van der Waals surface area contributed by atoms with Gasteiger partial charge in [0, 0.05) is 18.9 Å². The molecule has 1 aromatic carbocycles. The Labute approximate surface area is 118 Å². The van der Waals surface area contributed by atoms with E-state index in [-0.39, 0.29) is 12.4 Å². The maximum absolute atomic E-state index is 12.0. The first-order valence-corrected chi connectivity index (χ1v) is 8.11. The van der Waals surface area contributed by atoms with E-state index in [1.54, 1.807) is 12.4 Å². The number of benzene rings is 1. The fraction of sp³-hybridized carbons (Fsp3) is 0.357. The van der Waals surface area contributed by atoms with Crippen LogP contribution < -0.4 is 0 Å². The van der Waals surface area contributed by atoms with Crippen LogP contribution in [0.3, 0.4) is 0 Å². The Balaban J connectivity index is 2.17. The highest BCUT2D eigenvalue weighted by atomic mass is 32.2. The summed E-state index contributed by atoms with van der Waals surface area (Å²) in [7, 11) is -3.38. The zero-order valence-electron chi connectivity index (χ0n) is 11.3. The lowest BCUT2D eigenvalue weighted by Gasteiger charge is -2.11. The van der Waals surface area contributed by atoms with Crippen molar-refractivity contribution in [3.63, 3.8) is 0 Å². The van der Waals surface area contributed by atoms with Crippen LogP contribution in [0.5, 0.6) is 0 Å². The topological polar surface area (TPSA) is 72.2 Å². The zero-order chi connectivity index (χ0) is 14.6. The van der Waals surface area contributed by atoms with Gasteiger partial charge in [0.15, 0.2) is 9.84 Å². The first-order valence-electron chi connectivity index (χ1n) is 6.39. The van der Waals surface area contributed by atoms with Gasteiger partial charge in [0.05, 0.1) is 11.9 Å². The van der Waals surface area contributed by atoms with Gasteiger partial charge in [-0.2, -0.15) is 0 Å². The van der Waals surface area contributed by atoms with E-state index in [0.717, 1.165) is 5.56 Å². The Bertz CT molecular complexity index is 650. The normalized spacial score (nSPS) is 13.3. The molecular weight excluding hydrogens is 276 g/mol. The van der Waals surface area contributed by atoms with Crippen LogP contribution in [0.4, 0.5) is 0 Å². The molecule has 0 saturated heterocycles. The number of sulfone groups is 1. The largest absolute Gasteiger partial charge is 0.395 e. The van der Waals surface area contributed by atoms with Crippen molar-refractivity contribution < 1.29 is 13.5 Å². The van der Waals surface area contributed by atoms with E-state index >= 15 is 0 Å². The van der Waals surface area contributed by atoms with Crippen molar-refractivity contribution >= 4 is 9.84 Å². The molecule has 2 aromatic rings. The summed E-state index contributed by atoms with van der Waals surface area (Å²) in [6, 6.07) is 9.78. The third-order valence-electron chi connectivity index (χ3n) is 3.20. The Hall–Kier alpha value is -1.66. The Kier molecular flexibility index (Phi) is 4.57. The fourth-order valence-electron chi connectivity index (χ4n) is 1.84. The maximum Gasteiger partial charge on any atom is 0.162 e. The van der Waals surface area contributed by atoms with Crippen LogP contribution in [-0.2, 0) is 22.1 Å². The molecule has 0 fully saturated rings. The maximum atomic E-state index is 12.0. The number of rotatable bonds is 6. The number of aromatic nitrogens is 2. The zero-order valence-corrected chi connectivity index (χ0v) is 12.1. The quantitative estimate of drug-likeness (QED) is 0.869. The molecule has 5 nitrogen and oxygen atoms in total. The van der Waals surface area contributed by atoms with Gasteiger partial charge in [0.25, 0.3) is 0 Å². The highest BCUT2D eigenvalue weighted by Crippen LogP contribution is 2.12. The number of nitrogens with zero attached hydrogens (tertiary/aromatic N) is 2. The second-order valence-corrected chi connectivity index (χ2v) is 7.18. The summed E-state index contributed by atoms with van der Waals surface area (Å²) in [5.41, 5.74) is 1.08. The van der Waals surface area contributed by atoms with Gasteiger partial charge >= 0.3 is 0 Å². The van der Waals surface area contributed by atoms with Crippen molar-refractivity contribution in [1.29, 1.82) is 0 Å². The monoisotopic (exact) mass is 294 g/mol. The Morgan fingerprint density at radius 3 is 2.65 bits per heavy atom. The molecule has 1 heterocycles. The van der Waals surface area contributed by atoms with Crippen molar-refractivity contribution in [2.75, 3.05) is 6.61 Å². The van der Waals surface area contributed by atoms with Crippen molar-refractivity contribution in [2.24, 2.45) is 0 Å². The minimum atomic E-state index is -3.38. The molecule has 108 valence electrons. The highest BCUT2D eigenvalue weighted by Gasteiger charge is 2.22. The summed E-state index contributed by atoms with van der Waals surface area (Å²) >= 11 is 0. The number of imidazole rings is 1. The van der Waals surface area contributed by atoms with Gasteiger partial charge in [0.1, 0.15) is 11.6 Å². The third-order valence-corrected chi connectivity index (χ3v) is 5.23. The first kappa shape index (κ1) is 14.7. The molecule has 0 bridgehead atoms. The summed E-state index contributed by atoms with van der Waals surface area (Å²) in [4.78, 5) is 4.12. The predicted molar refractivity (Wildman–Crippen MR) is 76.9 cm³/mol. The van der Waals surface area contributed by atoms with Crippen molar-refractivity contribution in [2.45, 2.75) is 24.5 Å². The van der Waals surface area contributed by atoms with Gasteiger partial charge in [0.2, 0.25) is 0 Å². The lowest BCUT2D eigenvalue weighted by molar-refractivity contribution is 0.295. The van der Waals surface area contributed by atoms with Crippen LogP contribution in [0.25, 0.3) is 0 Å². The molecule has 0 aliphatic rings.